The Kier molecular flexibility index (Phi) is 4.37. The monoisotopic (exact) mass is 384 g/mol. The second kappa shape index (κ2) is 6.22. The Morgan fingerprint density at radius 1 is 1.18 bits per heavy atom. The van der Waals surface area contributed by atoms with E-state index in [1.54, 1.807) is 31.3 Å². The smallest absolute Gasteiger partial charge is 0.340 e. The molecule has 1 unspecified atom stereocenters. The third-order valence-electron chi connectivity index (χ3n) is 5.15. The highest BCUT2D eigenvalue weighted by Crippen LogP contribution is 2.55. The first kappa shape index (κ1) is 19.7. The molecule has 3 rings (SSSR count). The van der Waals surface area contributed by atoms with Gasteiger partial charge in [0, 0.05) is 23.7 Å². The van der Waals surface area contributed by atoms with Gasteiger partial charge < -0.3 is 20.1 Å². The van der Waals surface area contributed by atoms with E-state index in [9.17, 15) is 14.4 Å². The first-order valence-electron chi connectivity index (χ1n) is 8.89. The van der Waals surface area contributed by atoms with Crippen LogP contribution < -0.4 is 10.6 Å². The molecule has 148 valence electrons. The number of fused-ring (bicyclic) bond motifs is 2. The molecule has 7 heteroatoms. The molecule has 28 heavy (non-hydrogen) atoms. The Balaban J connectivity index is 2.56. The summed E-state index contributed by atoms with van der Waals surface area (Å²) >= 11 is 0. The molecule has 0 saturated heterocycles. The summed E-state index contributed by atoms with van der Waals surface area (Å²) in [4.78, 5) is 40.8. The number of hydrogen-bond donors (Lipinski definition) is 1. The van der Waals surface area contributed by atoms with E-state index >= 15 is 0 Å². The summed E-state index contributed by atoms with van der Waals surface area (Å²) in [6, 6.07) is 7.02. The van der Waals surface area contributed by atoms with Gasteiger partial charge in [0.15, 0.2) is 5.78 Å². The molecule has 2 N–H and O–H groups in total. The number of allylic oxidation sites excluding steroid dienone is 1. The van der Waals surface area contributed by atoms with Gasteiger partial charge in [-0.15, -0.1) is 0 Å². The number of esters is 1. The van der Waals surface area contributed by atoms with Crippen molar-refractivity contribution >= 4 is 23.3 Å². The van der Waals surface area contributed by atoms with Crippen LogP contribution in [0, 0.1) is 5.41 Å². The molecular weight excluding hydrogens is 360 g/mol. The van der Waals surface area contributed by atoms with Crippen molar-refractivity contribution in [2.24, 2.45) is 11.1 Å². The van der Waals surface area contributed by atoms with Crippen LogP contribution in [0.4, 0.5) is 5.69 Å². The molecule has 1 atom stereocenters. The van der Waals surface area contributed by atoms with Gasteiger partial charge in [-0.25, -0.2) is 4.79 Å². The topological polar surface area (TPSA) is 98.9 Å². The van der Waals surface area contributed by atoms with Crippen LogP contribution in [0.1, 0.15) is 33.3 Å². The van der Waals surface area contributed by atoms with Crippen LogP contribution in [0.3, 0.4) is 0 Å². The SMILES string of the molecule is COC(=O)C1=C(N)OC(C(C)(C)C)=C(C(C)=O)C12C(=O)N(C)c1ccccc12. The Bertz CT molecular complexity index is 967. The maximum Gasteiger partial charge on any atom is 0.340 e. The Morgan fingerprint density at radius 3 is 2.32 bits per heavy atom. The van der Waals surface area contributed by atoms with Crippen LogP contribution in [-0.2, 0) is 29.3 Å². The quantitative estimate of drug-likeness (QED) is 0.785. The molecule has 2 heterocycles. The average Bonchev–Trinajstić information content (AvgIpc) is 2.83. The number of ether oxygens (including phenoxy) is 2. The van der Waals surface area contributed by atoms with E-state index in [2.05, 4.69) is 0 Å². The van der Waals surface area contributed by atoms with Crippen LogP contribution >= 0.6 is 0 Å². The van der Waals surface area contributed by atoms with E-state index < -0.39 is 22.7 Å². The second-order valence-corrected chi connectivity index (χ2v) is 7.97. The van der Waals surface area contributed by atoms with Crippen molar-refractivity contribution in [2.75, 3.05) is 19.1 Å². The average molecular weight is 384 g/mol. The van der Waals surface area contributed by atoms with E-state index in [4.69, 9.17) is 15.2 Å². The van der Waals surface area contributed by atoms with E-state index in [0.29, 0.717) is 11.3 Å². The van der Waals surface area contributed by atoms with Crippen LogP contribution in [0.5, 0.6) is 0 Å². The number of hydrogen-bond acceptors (Lipinski definition) is 6. The molecule has 2 aliphatic rings. The van der Waals surface area contributed by atoms with Crippen LogP contribution in [0.2, 0.25) is 0 Å². The number of ketones is 1. The number of Topliss-reactive ketones (excluding diaryl/α,β-unsaturated/α-hetero) is 1. The first-order valence-corrected chi connectivity index (χ1v) is 8.89. The van der Waals surface area contributed by atoms with Gasteiger partial charge in [-0.3, -0.25) is 9.59 Å². The fourth-order valence-corrected chi connectivity index (χ4v) is 4.04. The summed E-state index contributed by atoms with van der Waals surface area (Å²) in [6.07, 6.45) is 0. The number of carbonyl (C=O) groups is 3. The molecular formula is C21H24N2O5. The van der Waals surface area contributed by atoms with E-state index in [-0.39, 0.29) is 28.6 Å². The highest BCUT2D eigenvalue weighted by atomic mass is 16.5. The summed E-state index contributed by atoms with van der Waals surface area (Å²) < 4.78 is 10.7. The van der Waals surface area contributed by atoms with Crippen molar-refractivity contribution in [3.8, 4) is 0 Å². The number of para-hydroxylation sites is 1. The van der Waals surface area contributed by atoms with E-state index in [0.717, 1.165) is 0 Å². The van der Waals surface area contributed by atoms with Crippen molar-refractivity contribution in [3.05, 3.63) is 52.6 Å². The Morgan fingerprint density at radius 2 is 1.79 bits per heavy atom. The summed E-state index contributed by atoms with van der Waals surface area (Å²) in [6.45, 7) is 6.91. The zero-order valence-electron chi connectivity index (χ0n) is 16.9. The first-order chi connectivity index (χ1) is 13.0. The van der Waals surface area contributed by atoms with Crippen molar-refractivity contribution in [2.45, 2.75) is 33.1 Å². The fraction of sp³-hybridized carbons (Fsp3) is 0.381. The number of nitrogens with zero attached hydrogens (tertiary/aromatic N) is 1. The largest absolute Gasteiger partial charge is 0.465 e. The van der Waals surface area contributed by atoms with Gasteiger partial charge in [0.2, 0.25) is 11.8 Å². The van der Waals surface area contributed by atoms with Crippen LogP contribution in [0.25, 0.3) is 0 Å². The third-order valence-corrected chi connectivity index (χ3v) is 5.15. The minimum atomic E-state index is -1.71. The van der Waals surface area contributed by atoms with Gasteiger partial charge in [-0.05, 0) is 13.0 Å². The standard InChI is InChI=1S/C21H24N2O5/c1-11(24)14-16(20(2,3)4)28-17(22)15(18(25)27-6)21(14)12-9-7-8-10-13(12)23(5)19(21)26/h7-10H,22H2,1-6H3. The predicted octanol–water partition coefficient (Wildman–Crippen LogP) is 2.16. The zero-order chi connectivity index (χ0) is 21.0. The van der Waals surface area contributed by atoms with Gasteiger partial charge in [0.05, 0.1) is 12.7 Å². The molecule has 0 bridgehead atoms. The van der Waals surface area contributed by atoms with Crippen molar-refractivity contribution in [1.29, 1.82) is 0 Å². The summed E-state index contributed by atoms with van der Waals surface area (Å²) in [5.41, 5.74) is 4.84. The number of amides is 1. The molecule has 0 aromatic heterocycles. The van der Waals surface area contributed by atoms with Crippen LogP contribution in [-0.4, -0.2) is 31.8 Å². The molecule has 0 fully saturated rings. The van der Waals surface area contributed by atoms with E-state index in [1.165, 1.54) is 18.9 Å². The number of likely N-dealkylation sites (N-methyl/N-ethyl adjacent to an activating group) is 1. The van der Waals surface area contributed by atoms with Crippen molar-refractivity contribution in [1.82, 2.24) is 0 Å². The zero-order valence-corrected chi connectivity index (χ0v) is 16.9. The van der Waals surface area contributed by atoms with Gasteiger partial charge >= 0.3 is 5.97 Å². The lowest BCUT2D eigenvalue weighted by molar-refractivity contribution is -0.139. The number of carbonyl (C=O) groups excluding carboxylic acids is 3. The maximum absolute atomic E-state index is 13.7. The van der Waals surface area contributed by atoms with E-state index in [1.807, 2.05) is 20.8 Å². The molecule has 1 aromatic carbocycles. The minimum absolute atomic E-state index is 0.108. The molecule has 7 nitrogen and oxygen atoms in total. The summed E-state index contributed by atoms with van der Waals surface area (Å²) in [5, 5.41) is 0. The molecule has 1 amide bonds. The highest BCUT2D eigenvalue weighted by molar-refractivity contribution is 6.22. The van der Waals surface area contributed by atoms with Gasteiger partial charge in [-0.2, -0.15) is 0 Å². The molecule has 1 aromatic rings. The van der Waals surface area contributed by atoms with Crippen molar-refractivity contribution in [3.63, 3.8) is 0 Å². The lowest BCUT2D eigenvalue weighted by Crippen LogP contribution is -2.50. The fourth-order valence-electron chi connectivity index (χ4n) is 4.04. The van der Waals surface area contributed by atoms with Gasteiger partial charge in [-0.1, -0.05) is 39.0 Å². The Labute approximate surface area is 163 Å². The second-order valence-electron chi connectivity index (χ2n) is 7.97. The van der Waals surface area contributed by atoms with Crippen LogP contribution in [0.15, 0.2) is 47.1 Å². The lowest BCUT2D eigenvalue weighted by Gasteiger charge is -2.39. The number of rotatable bonds is 2. The predicted molar refractivity (Wildman–Crippen MR) is 103 cm³/mol. The number of nitrogens with two attached hydrogens (primary N) is 1. The van der Waals surface area contributed by atoms with Gasteiger partial charge in [0.25, 0.3) is 0 Å². The van der Waals surface area contributed by atoms with Crippen molar-refractivity contribution < 1.29 is 23.9 Å². The molecule has 2 aliphatic heterocycles. The number of benzene rings is 1. The molecule has 0 radical (unpaired) electrons. The number of anilines is 1. The lowest BCUT2D eigenvalue weighted by atomic mass is 9.65. The molecule has 1 spiro atoms. The normalized spacial score (nSPS) is 21.8. The molecule has 0 saturated carbocycles. The Hall–Kier alpha value is -3.09. The summed E-state index contributed by atoms with van der Waals surface area (Å²) in [5.74, 6) is -1.61. The number of methoxy groups -OCH3 is 1. The maximum atomic E-state index is 13.7. The van der Waals surface area contributed by atoms with Gasteiger partial charge in [0.1, 0.15) is 16.7 Å². The highest BCUT2D eigenvalue weighted by Gasteiger charge is 2.63. The summed E-state index contributed by atoms with van der Waals surface area (Å²) in [7, 11) is 2.80. The minimum Gasteiger partial charge on any atom is -0.465 e. The molecule has 0 aliphatic carbocycles. The third kappa shape index (κ3) is 2.38.